The maximum atomic E-state index is 11.2. The van der Waals surface area contributed by atoms with Crippen LogP contribution in [0.15, 0.2) is 24.3 Å². The second-order valence-corrected chi connectivity index (χ2v) is 7.13. The molecular weight excluding hydrogens is 246 g/mol. The van der Waals surface area contributed by atoms with Crippen LogP contribution in [-0.4, -0.2) is 35.2 Å². The van der Waals surface area contributed by atoms with Gasteiger partial charge in [-0.3, -0.25) is 0 Å². The first-order valence-electron chi connectivity index (χ1n) is 8.27. The quantitative estimate of drug-likeness (QED) is 0.894. The minimum atomic E-state index is -0.401. The molecule has 1 aromatic carbocycles. The monoisotopic (exact) mass is 271 g/mol. The molecular formula is C18H25NO. The van der Waals surface area contributed by atoms with Gasteiger partial charge in [-0.2, -0.15) is 0 Å². The number of hydrogen-bond acceptors (Lipinski definition) is 2. The van der Waals surface area contributed by atoms with Crippen LogP contribution in [0.25, 0.3) is 0 Å². The Kier molecular flexibility index (Phi) is 3.12. The zero-order valence-corrected chi connectivity index (χ0v) is 12.2. The molecule has 2 saturated heterocycles. The Balaban J connectivity index is 1.57. The summed E-state index contributed by atoms with van der Waals surface area (Å²) in [6.07, 6.45) is 6.94. The molecule has 2 nitrogen and oxygen atoms in total. The van der Waals surface area contributed by atoms with Gasteiger partial charge in [-0.05, 0) is 62.1 Å². The van der Waals surface area contributed by atoms with Crippen molar-refractivity contribution >= 4 is 0 Å². The van der Waals surface area contributed by atoms with Crippen LogP contribution >= 0.6 is 0 Å². The molecule has 2 fully saturated rings. The fourth-order valence-electron chi connectivity index (χ4n) is 4.79. The van der Waals surface area contributed by atoms with Crippen molar-refractivity contribution in [3.63, 3.8) is 0 Å². The van der Waals surface area contributed by atoms with E-state index in [0.717, 1.165) is 25.9 Å². The van der Waals surface area contributed by atoms with E-state index in [-0.39, 0.29) is 0 Å². The van der Waals surface area contributed by atoms with Crippen LogP contribution < -0.4 is 0 Å². The van der Waals surface area contributed by atoms with E-state index in [1.54, 1.807) is 0 Å². The van der Waals surface area contributed by atoms with Gasteiger partial charge in [0.15, 0.2) is 0 Å². The van der Waals surface area contributed by atoms with Crippen LogP contribution in [-0.2, 0) is 6.42 Å². The Morgan fingerprint density at radius 3 is 3.05 bits per heavy atom. The van der Waals surface area contributed by atoms with Crippen molar-refractivity contribution in [2.75, 3.05) is 19.6 Å². The molecule has 108 valence electrons. The Morgan fingerprint density at radius 1 is 1.20 bits per heavy atom. The van der Waals surface area contributed by atoms with Gasteiger partial charge in [-0.25, -0.2) is 0 Å². The molecule has 2 aliphatic heterocycles. The van der Waals surface area contributed by atoms with Crippen molar-refractivity contribution in [3.8, 4) is 0 Å². The van der Waals surface area contributed by atoms with Crippen molar-refractivity contribution in [1.29, 1.82) is 0 Å². The summed E-state index contributed by atoms with van der Waals surface area (Å²) in [6.45, 7) is 3.43. The molecule has 3 aliphatic rings. The highest BCUT2D eigenvalue weighted by molar-refractivity contribution is 5.33. The molecule has 1 N–H and O–H groups in total. The second-order valence-electron chi connectivity index (χ2n) is 7.13. The largest absolute Gasteiger partial charge is 0.389 e. The van der Waals surface area contributed by atoms with Crippen molar-refractivity contribution in [2.45, 2.75) is 50.0 Å². The highest BCUT2D eigenvalue weighted by Gasteiger charge is 2.46. The Morgan fingerprint density at radius 2 is 2.10 bits per heavy atom. The first kappa shape index (κ1) is 12.8. The van der Waals surface area contributed by atoms with E-state index in [1.807, 2.05) is 0 Å². The van der Waals surface area contributed by atoms with Gasteiger partial charge in [0.2, 0.25) is 0 Å². The first-order valence-corrected chi connectivity index (χ1v) is 8.27. The summed E-state index contributed by atoms with van der Waals surface area (Å²) in [5.74, 6) is 1.10. The lowest BCUT2D eigenvalue weighted by molar-refractivity contribution is -0.0568. The third-order valence-electron chi connectivity index (χ3n) is 5.99. The number of rotatable bonds is 2. The number of nitrogens with zero attached hydrogens (tertiary/aromatic N) is 1. The molecule has 0 spiro atoms. The highest BCUT2D eigenvalue weighted by atomic mass is 16.3. The van der Waals surface area contributed by atoms with E-state index < -0.39 is 5.60 Å². The zero-order valence-electron chi connectivity index (χ0n) is 12.2. The number of aliphatic hydroxyl groups is 1. The van der Waals surface area contributed by atoms with E-state index in [9.17, 15) is 5.11 Å². The lowest BCUT2D eigenvalue weighted by atomic mass is 9.71. The lowest BCUT2D eigenvalue weighted by Gasteiger charge is -2.42. The zero-order chi connectivity index (χ0) is 13.6. The van der Waals surface area contributed by atoms with Gasteiger partial charge in [-0.1, -0.05) is 24.3 Å². The van der Waals surface area contributed by atoms with E-state index >= 15 is 0 Å². The smallest absolute Gasteiger partial charge is 0.0706 e. The Labute approximate surface area is 121 Å². The predicted molar refractivity (Wildman–Crippen MR) is 80.9 cm³/mol. The molecule has 1 aliphatic carbocycles. The fraction of sp³-hybridized carbons (Fsp3) is 0.667. The maximum Gasteiger partial charge on any atom is 0.0706 e. The lowest BCUT2D eigenvalue weighted by Crippen LogP contribution is -2.47. The third-order valence-corrected chi connectivity index (χ3v) is 5.99. The number of aryl methyl sites for hydroxylation is 1. The predicted octanol–water partition coefficient (Wildman–Crippen LogP) is 2.95. The van der Waals surface area contributed by atoms with Crippen LogP contribution in [0.1, 0.15) is 49.1 Å². The Hall–Kier alpha value is -0.860. The second kappa shape index (κ2) is 4.85. The molecule has 2 heterocycles. The molecule has 0 saturated carbocycles. The minimum absolute atomic E-state index is 0.401. The van der Waals surface area contributed by atoms with Crippen LogP contribution in [0.5, 0.6) is 0 Å². The molecule has 4 atom stereocenters. The molecule has 2 bridgehead atoms. The summed E-state index contributed by atoms with van der Waals surface area (Å²) in [4.78, 5) is 2.52. The van der Waals surface area contributed by atoms with Crippen molar-refractivity contribution < 1.29 is 5.11 Å². The van der Waals surface area contributed by atoms with Gasteiger partial charge in [0, 0.05) is 19.0 Å². The van der Waals surface area contributed by atoms with Crippen molar-refractivity contribution in [1.82, 2.24) is 4.90 Å². The number of fused-ring (bicyclic) bond motifs is 3. The summed E-state index contributed by atoms with van der Waals surface area (Å²) >= 11 is 0. The summed E-state index contributed by atoms with van der Waals surface area (Å²) in [6, 6.07) is 8.90. The fourth-order valence-corrected chi connectivity index (χ4v) is 4.79. The summed E-state index contributed by atoms with van der Waals surface area (Å²) in [5, 5.41) is 11.2. The van der Waals surface area contributed by atoms with Gasteiger partial charge < -0.3 is 10.0 Å². The van der Waals surface area contributed by atoms with E-state index in [0.29, 0.717) is 11.8 Å². The minimum Gasteiger partial charge on any atom is -0.389 e. The van der Waals surface area contributed by atoms with E-state index in [1.165, 1.54) is 43.4 Å². The van der Waals surface area contributed by atoms with Crippen LogP contribution in [0.2, 0.25) is 0 Å². The van der Waals surface area contributed by atoms with Crippen molar-refractivity contribution in [3.05, 3.63) is 35.4 Å². The maximum absolute atomic E-state index is 11.2. The number of piperidine rings is 1. The van der Waals surface area contributed by atoms with Crippen molar-refractivity contribution in [2.24, 2.45) is 5.92 Å². The van der Waals surface area contributed by atoms with Gasteiger partial charge in [0.05, 0.1) is 5.60 Å². The molecule has 2 heteroatoms. The molecule has 4 unspecified atom stereocenters. The van der Waals surface area contributed by atoms with Crippen LogP contribution in [0.3, 0.4) is 0 Å². The van der Waals surface area contributed by atoms with Gasteiger partial charge in [0.1, 0.15) is 0 Å². The third kappa shape index (κ3) is 2.10. The molecule has 20 heavy (non-hydrogen) atoms. The Bertz CT molecular complexity index is 500. The molecule has 1 aromatic rings. The summed E-state index contributed by atoms with van der Waals surface area (Å²) in [5.41, 5.74) is 2.64. The van der Waals surface area contributed by atoms with Gasteiger partial charge in [-0.15, -0.1) is 0 Å². The first-order chi connectivity index (χ1) is 9.74. The standard InChI is InChI=1S/C18H25NO/c20-18(9-11-19-10-8-16(18)13-19)12-15-6-3-5-14-4-1-2-7-17(14)15/h1-2,4,7,15-16,20H,3,5-6,8-13H2. The SMILES string of the molecule is OC1(CC2CCCc3ccccc32)CCN2CCC1C2. The van der Waals surface area contributed by atoms with E-state index in [4.69, 9.17) is 0 Å². The summed E-state index contributed by atoms with van der Waals surface area (Å²) in [7, 11) is 0. The molecule has 0 radical (unpaired) electrons. The highest BCUT2D eigenvalue weighted by Crippen LogP contribution is 2.44. The van der Waals surface area contributed by atoms with E-state index in [2.05, 4.69) is 29.2 Å². The van der Waals surface area contributed by atoms with Crippen LogP contribution in [0.4, 0.5) is 0 Å². The average molecular weight is 271 g/mol. The molecule has 0 amide bonds. The van der Waals surface area contributed by atoms with Crippen LogP contribution in [0, 0.1) is 5.92 Å². The average Bonchev–Trinajstić information content (AvgIpc) is 2.90. The van der Waals surface area contributed by atoms with Gasteiger partial charge >= 0.3 is 0 Å². The topological polar surface area (TPSA) is 23.5 Å². The number of benzene rings is 1. The molecule has 0 aromatic heterocycles. The normalized spacial score (nSPS) is 39.5. The molecule has 4 rings (SSSR count). The van der Waals surface area contributed by atoms with Gasteiger partial charge in [0.25, 0.3) is 0 Å². The summed E-state index contributed by atoms with van der Waals surface area (Å²) < 4.78 is 0. The number of hydrogen-bond donors (Lipinski definition) is 1.